The van der Waals surface area contributed by atoms with E-state index in [2.05, 4.69) is 37.7 Å². The van der Waals surface area contributed by atoms with Crippen LogP contribution in [0, 0.1) is 11.8 Å². The van der Waals surface area contributed by atoms with E-state index in [1.54, 1.807) is 62.6 Å². The monoisotopic (exact) mass is 900 g/mol. The number of hydrogen-bond acceptors (Lipinski definition) is 13. The molecular weight excluding hydrogens is 831 g/mol. The van der Waals surface area contributed by atoms with E-state index in [-0.39, 0.29) is 23.9 Å². The Bertz CT molecular complexity index is 1990. The second-order valence-corrected chi connectivity index (χ2v) is 15.4. The van der Waals surface area contributed by atoms with Crippen LogP contribution in [0.4, 0.5) is 5.69 Å². The van der Waals surface area contributed by atoms with Crippen molar-refractivity contribution in [3.8, 4) is 17.6 Å². The van der Waals surface area contributed by atoms with Gasteiger partial charge in [0, 0.05) is 62.4 Å². The van der Waals surface area contributed by atoms with Gasteiger partial charge in [0.05, 0.1) is 52.1 Å². The van der Waals surface area contributed by atoms with Crippen molar-refractivity contribution in [3.63, 3.8) is 0 Å². The highest BCUT2D eigenvalue weighted by atomic mass is 16.5. The van der Waals surface area contributed by atoms with Gasteiger partial charge >= 0.3 is 0 Å². The van der Waals surface area contributed by atoms with E-state index >= 15 is 0 Å². The molecule has 17 nitrogen and oxygen atoms in total. The number of piperazine rings is 1. The molecule has 2 atom stereocenters. The van der Waals surface area contributed by atoms with Crippen molar-refractivity contribution < 1.29 is 38.2 Å². The highest BCUT2D eigenvalue weighted by Crippen LogP contribution is 2.36. The molecule has 3 amide bonds. The number of rotatable bonds is 25. The number of amides is 3. The van der Waals surface area contributed by atoms with Crippen LogP contribution in [-0.2, 0) is 30.4 Å². The number of nitrogens with zero attached hydrogens (tertiary/aromatic N) is 5. The number of hydrogen-bond donors (Lipinski definition) is 4. The molecule has 1 saturated heterocycles. The fraction of sp³-hybridized carbons (Fsp3) is 0.521. The second kappa shape index (κ2) is 30.4. The fourth-order valence-electron chi connectivity index (χ4n) is 7.64. The van der Waals surface area contributed by atoms with Gasteiger partial charge in [0.25, 0.3) is 0 Å². The van der Waals surface area contributed by atoms with Crippen molar-refractivity contribution >= 4 is 48.7 Å². The fourth-order valence-corrected chi connectivity index (χ4v) is 7.64. The summed E-state index contributed by atoms with van der Waals surface area (Å²) < 4.78 is 16.5. The van der Waals surface area contributed by atoms with Gasteiger partial charge in [0.1, 0.15) is 35.7 Å². The number of carbonyl (C=O) groups is 5. The average molecular weight is 900 g/mol. The standard InChI is InChI=1S/C26H40N4O5.C22H29N5O3/c1-4-8-25(26(33)29-21-32)30(3)19-24-22(10-7-11-23(24)20-31)9-5-6-15-34-17-13-28-14-18-35-16-12-27-2;1-4-18-22(29)26(2)19(12-24-14-23)21(27(18)16-7-5-6-8-16)25-17-10-9-15(13-28)11-20(17)30-3/h7,10-11,20-21,25,27-28H,4,6,8,12-19H2,1-3H3,(H,29,32,33);9-14,16,18H,4-8H2,1-3H3,(H2,23,24)/b;19-12+,25-21?. The van der Waals surface area contributed by atoms with Crippen LogP contribution in [-0.4, -0.2) is 150 Å². The molecule has 2 fully saturated rings. The zero-order valence-electron chi connectivity index (χ0n) is 39.0. The Kier molecular flexibility index (Phi) is 25.0. The summed E-state index contributed by atoms with van der Waals surface area (Å²) in [6, 6.07) is 9.97. The van der Waals surface area contributed by atoms with E-state index in [1.807, 2.05) is 31.9 Å². The third-order valence-electron chi connectivity index (χ3n) is 11.0. The van der Waals surface area contributed by atoms with Crippen LogP contribution in [0.5, 0.6) is 5.75 Å². The van der Waals surface area contributed by atoms with E-state index in [0.717, 1.165) is 75.4 Å². The molecule has 17 heteroatoms. The van der Waals surface area contributed by atoms with Gasteiger partial charge in [-0.05, 0) is 69.6 Å². The van der Waals surface area contributed by atoms with Crippen molar-refractivity contribution in [3.05, 3.63) is 70.5 Å². The zero-order chi connectivity index (χ0) is 47.4. The summed E-state index contributed by atoms with van der Waals surface area (Å²) in [7, 11) is 6.98. The topological polar surface area (TPSA) is 210 Å². The van der Waals surface area contributed by atoms with Crippen molar-refractivity contribution in [2.75, 3.05) is 74.3 Å². The quantitative estimate of drug-likeness (QED) is 0.0368. The summed E-state index contributed by atoms with van der Waals surface area (Å²) >= 11 is 0. The molecule has 2 unspecified atom stereocenters. The van der Waals surface area contributed by atoms with E-state index in [9.17, 15) is 24.0 Å². The Hall–Kier alpha value is -5.77. The number of methoxy groups -OCH3 is 1. The summed E-state index contributed by atoms with van der Waals surface area (Å²) in [6.07, 6.45) is 11.6. The Morgan fingerprint density at radius 2 is 1.75 bits per heavy atom. The third kappa shape index (κ3) is 16.6. The number of amidine groups is 1. The molecule has 2 aromatic rings. The minimum absolute atomic E-state index is 0.0186. The SMILES string of the molecule is CCC1C(=O)N(C)/C(=C/N=CN)C(=Nc2ccc(C=O)cc2OC)N1C1CCCC1.CCCC(C(=O)NC=O)N(C)Cc1c(C#CCCOCCNCCOCCNC)cccc1C=O. The normalized spacial score (nSPS) is 16.9. The minimum Gasteiger partial charge on any atom is -0.494 e. The number of ether oxygens (including phenoxy) is 3. The molecule has 1 aliphatic heterocycles. The number of aliphatic imine (C=N–C) groups is 2. The van der Waals surface area contributed by atoms with Crippen LogP contribution in [0.25, 0.3) is 0 Å². The van der Waals surface area contributed by atoms with Crippen LogP contribution in [0.3, 0.4) is 0 Å². The molecular formula is C48H69N9O8. The van der Waals surface area contributed by atoms with E-state index in [0.29, 0.717) is 92.7 Å². The summed E-state index contributed by atoms with van der Waals surface area (Å²) in [6.45, 7) is 9.21. The molecule has 1 aliphatic carbocycles. The first-order valence-electron chi connectivity index (χ1n) is 22.4. The number of aldehydes is 2. The molecule has 0 aromatic heterocycles. The molecule has 0 spiro atoms. The summed E-state index contributed by atoms with van der Waals surface area (Å²) in [5.74, 6) is 7.08. The van der Waals surface area contributed by atoms with Crippen LogP contribution in [0.15, 0.2) is 58.3 Å². The predicted molar refractivity (Wildman–Crippen MR) is 253 cm³/mol. The largest absolute Gasteiger partial charge is 0.494 e. The third-order valence-corrected chi connectivity index (χ3v) is 11.0. The molecule has 5 N–H and O–H groups in total. The number of benzene rings is 2. The molecule has 1 heterocycles. The van der Waals surface area contributed by atoms with Gasteiger partial charge in [0.2, 0.25) is 18.2 Å². The van der Waals surface area contributed by atoms with Gasteiger partial charge in [-0.2, -0.15) is 0 Å². The molecule has 354 valence electrons. The first-order chi connectivity index (χ1) is 31.6. The molecule has 1 saturated carbocycles. The lowest BCUT2D eigenvalue weighted by atomic mass is 10.00. The van der Waals surface area contributed by atoms with Gasteiger partial charge in [-0.25, -0.2) is 9.98 Å². The van der Waals surface area contributed by atoms with Gasteiger partial charge in [-0.3, -0.25) is 34.2 Å². The maximum Gasteiger partial charge on any atom is 0.249 e. The number of carbonyl (C=O) groups excluding carboxylic acids is 5. The molecule has 0 radical (unpaired) electrons. The Morgan fingerprint density at radius 3 is 2.38 bits per heavy atom. The Morgan fingerprint density at radius 1 is 1.03 bits per heavy atom. The number of imide groups is 1. The Labute approximate surface area is 384 Å². The minimum atomic E-state index is -0.479. The molecule has 2 aliphatic rings. The zero-order valence-corrected chi connectivity index (χ0v) is 39.0. The number of likely N-dealkylation sites (N-methyl/N-ethyl adjacent to an activating group) is 3. The molecule has 2 aromatic carbocycles. The number of nitrogens with one attached hydrogen (secondary N) is 3. The van der Waals surface area contributed by atoms with Gasteiger partial charge < -0.3 is 40.4 Å². The van der Waals surface area contributed by atoms with E-state index in [1.165, 1.54) is 6.34 Å². The van der Waals surface area contributed by atoms with Gasteiger partial charge in [-0.15, -0.1) is 0 Å². The first-order valence-corrected chi connectivity index (χ1v) is 22.4. The highest BCUT2D eigenvalue weighted by Gasteiger charge is 2.43. The molecule has 4 rings (SSSR count). The second-order valence-electron chi connectivity index (χ2n) is 15.4. The van der Waals surface area contributed by atoms with Crippen molar-refractivity contribution in [2.24, 2.45) is 15.7 Å². The number of nitrogens with two attached hydrogens (primary N) is 1. The lowest BCUT2D eigenvalue weighted by Gasteiger charge is -2.45. The van der Waals surface area contributed by atoms with Crippen LogP contribution in [0.1, 0.15) is 97.1 Å². The maximum atomic E-state index is 13.1. The summed E-state index contributed by atoms with van der Waals surface area (Å²) in [5, 5.41) is 8.52. The van der Waals surface area contributed by atoms with Crippen LogP contribution < -0.4 is 26.4 Å². The molecule has 65 heavy (non-hydrogen) atoms. The van der Waals surface area contributed by atoms with Crippen molar-refractivity contribution in [1.82, 2.24) is 30.7 Å². The van der Waals surface area contributed by atoms with Crippen molar-refractivity contribution in [2.45, 2.75) is 89.9 Å². The summed E-state index contributed by atoms with van der Waals surface area (Å²) in [5.41, 5.74) is 9.18. The van der Waals surface area contributed by atoms with Gasteiger partial charge in [0.15, 0.2) is 5.84 Å². The first kappa shape index (κ1) is 53.6. The van der Waals surface area contributed by atoms with Gasteiger partial charge in [-0.1, -0.05) is 57.1 Å². The maximum absolute atomic E-state index is 13.1. The highest BCUT2D eigenvalue weighted by molar-refractivity contribution is 6.08. The molecule has 0 bridgehead atoms. The Balaban J connectivity index is 0.000000349. The summed E-state index contributed by atoms with van der Waals surface area (Å²) in [4.78, 5) is 73.6. The van der Waals surface area contributed by atoms with E-state index in [4.69, 9.17) is 24.9 Å². The smallest absolute Gasteiger partial charge is 0.249 e. The lowest BCUT2D eigenvalue weighted by molar-refractivity contribution is -0.134. The van der Waals surface area contributed by atoms with Crippen molar-refractivity contribution in [1.29, 1.82) is 0 Å². The lowest BCUT2D eigenvalue weighted by Crippen LogP contribution is -2.60. The van der Waals surface area contributed by atoms with Crippen LogP contribution in [0.2, 0.25) is 0 Å². The predicted octanol–water partition coefficient (Wildman–Crippen LogP) is 3.82. The van der Waals surface area contributed by atoms with E-state index < -0.39 is 6.04 Å². The van der Waals surface area contributed by atoms with Crippen LogP contribution >= 0.6 is 0 Å². The average Bonchev–Trinajstić information content (AvgIpc) is 3.86.